The Kier molecular flexibility index (Phi) is 2.68. The van der Waals surface area contributed by atoms with Crippen molar-refractivity contribution in [1.82, 2.24) is 0 Å². The van der Waals surface area contributed by atoms with E-state index in [-0.39, 0.29) is 0 Å². The maximum Gasteiger partial charge on any atom is 0.137 e. The van der Waals surface area contributed by atoms with E-state index in [0.29, 0.717) is 0 Å². The maximum atomic E-state index is 6.42. The molecule has 0 unspecified atom stereocenters. The minimum atomic E-state index is 0.821. The Morgan fingerprint density at radius 3 is 2.38 bits per heavy atom. The molecule has 0 radical (unpaired) electrons. The zero-order chi connectivity index (χ0) is 14.2. The predicted octanol–water partition coefficient (Wildman–Crippen LogP) is 4.76. The summed E-state index contributed by atoms with van der Waals surface area (Å²) in [5.41, 5.74) is 11.4. The third-order valence-corrected chi connectivity index (χ3v) is 3.91. The lowest BCUT2D eigenvalue weighted by atomic mass is 10.00. The summed E-state index contributed by atoms with van der Waals surface area (Å²) >= 11 is 0. The van der Waals surface area contributed by atoms with Gasteiger partial charge in [-0.05, 0) is 29.7 Å². The lowest BCUT2D eigenvalue weighted by molar-refractivity contribution is 0.669. The second kappa shape index (κ2) is 4.67. The molecule has 0 amide bonds. The molecule has 2 nitrogen and oxygen atoms in total. The predicted molar refractivity (Wildman–Crippen MR) is 87.4 cm³/mol. The van der Waals surface area contributed by atoms with Crippen LogP contribution in [0.1, 0.15) is 11.1 Å². The maximum absolute atomic E-state index is 6.42. The summed E-state index contributed by atoms with van der Waals surface area (Å²) in [6.45, 7) is 0. The third kappa shape index (κ3) is 1.96. The van der Waals surface area contributed by atoms with Crippen molar-refractivity contribution in [3.05, 3.63) is 77.9 Å². The van der Waals surface area contributed by atoms with Crippen molar-refractivity contribution in [3.63, 3.8) is 0 Å². The van der Waals surface area contributed by atoms with Gasteiger partial charge in [0.25, 0.3) is 0 Å². The normalized spacial score (nSPS) is 11.2. The van der Waals surface area contributed by atoms with Gasteiger partial charge < -0.3 is 10.2 Å². The summed E-state index contributed by atoms with van der Waals surface area (Å²) < 4.78 is 5.86. The molecule has 0 aliphatic rings. The van der Waals surface area contributed by atoms with E-state index >= 15 is 0 Å². The van der Waals surface area contributed by atoms with Crippen molar-refractivity contribution in [2.24, 2.45) is 0 Å². The average Bonchev–Trinajstić information content (AvgIpc) is 2.90. The van der Waals surface area contributed by atoms with Crippen LogP contribution in [0.4, 0.5) is 5.69 Å². The van der Waals surface area contributed by atoms with Crippen LogP contribution in [-0.2, 0) is 6.42 Å². The van der Waals surface area contributed by atoms with E-state index in [0.717, 1.165) is 39.6 Å². The molecule has 21 heavy (non-hydrogen) atoms. The summed E-state index contributed by atoms with van der Waals surface area (Å²) in [6, 6.07) is 22.5. The van der Waals surface area contributed by atoms with Crippen LogP contribution in [-0.4, -0.2) is 0 Å². The first-order chi connectivity index (χ1) is 10.3. The van der Waals surface area contributed by atoms with E-state index in [4.69, 9.17) is 10.2 Å². The molecular formula is C19H15NO. The monoisotopic (exact) mass is 273 g/mol. The fourth-order valence-electron chi connectivity index (χ4n) is 2.86. The number of para-hydroxylation sites is 1. The van der Waals surface area contributed by atoms with E-state index in [1.54, 1.807) is 0 Å². The molecule has 1 heterocycles. The third-order valence-electron chi connectivity index (χ3n) is 3.91. The SMILES string of the molecule is Nc1c(Cc2ccccc2)ccc2oc3ccccc3c12. The molecule has 2 N–H and O–H groups in total. The van der Waals surface area contributed by atoms with Gasteiger partial charge in [-0.25, -0.2) is 0 Å². The van der Waals surface area contributed by atoms with Crippen LogP contribution in [0.2, 0.25) is 0 Å². The van der Waals surface area contributed by atoms with Crippen LogP contribution in [0.5, 0.6) is 0 Å². The highest BCUT2D eigenvalue weighted by Gasteiger charge is 2.12. The number of hydrogen-bond donors (Lipinski definition) is 1. The van der Waals surface area contributed by atoms with Crippen molar-refractivity contribution < 1.29 is 4.42 Å². The second-order valence-electron chi connectivity index (χ2n) is 5.27. The number of nitrogens with two attached hydrogens (primary N) is 1. The molecular weight excluding hydrogens is 258 g/mol. The van der Waals surface area contributed by atoms with Crippen LogP contribution in [0.15, 0.2) is 71.1 Å². The first-order valence-electron chi connectivity index (χ1n) is 7.05. The fraction of sp³-hybridized carbons (Fsp3) is 0.0526. The molecule has 0 fully saturated rings. The van der Waals surface area contributed by atoms with E-state index in [1.807, 2.05) is 30.3 Å². The van der Waals surface area contributed by atoms with Gasteiger partial charge in [-0.2, -0.15) is 0 Å². The summed E-state index contributed by atoms with van der Waals surface area (Å²) in [4.78, 5) is 0. The van der Waals surface area contributed by atoms with Gasteiger partial charge in [0.05, 0.1) is 5.39 Å². The van der Waals surface area contributed by atoms with Crippen LogP contribution in [0.3, 0.4) is 0 Å². The summed E-state index contributed by atoms with van der Waals surface area (Å²) in [5, 5.41) is 2.11. The number of anilines is 1. The summed E-state index contributed by atoms with van der Waals surface area (Å²) in [7, 11) is 0. The second-order valence-corrected chi connectivity index (χ2v) is 5.27. The number of nitrogen functional groups attached to an aromatic ring is 1. The average molecular weight is 273 g/mol. The van der Waals surface area contributed by atoms with Crippen LogP contribution >= 0.6 is 0 Å². The van der Waals surface area contributed by atoms with Gasteiger partial charge in [0, 0.05) is 11.1 Å². The number of hydrogen-bond acceptors (Lipinski definition) is 2. The quantitative estimate of drug-likeness (QED) is 0.535. The smallest absolute Gasteiger partial charge is 0.137 e. The number of benzene rings is 3. The molecule has 3 aromatic carbocycles. The molecule has 0 saturated carbocycles. The highest BCUT2D eigenvalue weighted by atomic mass is 16.3. The Morgan fingerprint density at radius 1 is 0.762 bits per heavy atom. The van der Waals surface area contributed by atoms with Gasteiger partial charge in [-0.3, -0.25) is 0 Å². The van der Waals surface area contributed by atoms with Crippen molar-refractivity contribution in [2.45, 2.75) is 6.42 Å². The molecule has 4 rings (SSSR count). The van der Waals surface area contributed by atoms with Crippen LogP contribution in [0.25, 0.3) is 21.9 Å². The molecule has 1 aromatic heterocycles. The van der Waals surface area contributed by atoms with Gasteiger partial charge in [-0.1, -0.05) is 54.6 Å². The van der Waals surface area contributed by atoms with E-state index in [9.17, 15) is 0 Å². The first-order valence-corrected chi connectivity index (χ1v) is 7.05. The molecule has 2 heteroatoms. The van der Waals surface area contributed by atoms with Crippen LogP contribution in [0, 0.1) is 0 Å². The van der Waals surface area contributed by atoms with Crippen molar-refractivity contribution in [3.8, 4) is 0 Å². The van der Waals surface area contributed by atoms with Crippen molar-refractivity contribution in [2.75, 3.05) is 5.73 Å². The molecule has 0 spiro atoms. The zero-order valence-electron chi connectivity index (χ0n) is 11.5. The molecule has 0 atom stereocenters. The molecule has 0 bridgehead atoms. The standard InChI is InChI=1S/C19H15NO/c20-19-14(12-13-6-2-1-3-7-13)10-11-17-18(19)15-8-4-5-9-16(15)21-17/h1-11H,12,20H2. The van der Waals surface area contributed by atoms with Gasteiger partial charge >= 0.3 is 0 Å². The minimum absolute atomic E-state index is 0.821. The topological polar surface area (TPSA) is 39.2 Å². The Labute approximate surface area is 122 Å². The molecule has 0 aliphatic carbocycles. The highest BCUT2D eigenvalue weighted by Crippen LogP contribution is 2.35. The van der Waals surface area contributed by atoms with Crippen LogP contribution < -0.4 is 5.73 Å². The largest absolute Gasteiger partial charge is 0.456 e. The molecule has 0 aliphatic heterocycles. The molecule has 102 valence electrons. The molecule has 4 aromatic rings. The van der Waals surface area contributed by atoms with Gasteiger partial charge in [0.15, 0.2) is 0 Å². The fourth-order valence-corrected chi connectivity index (χ4v) is 2.86. The highest BCUT2D eigenvalue weighted by molar-refractivity contribution is 6.11. The Morgan fingerprint density at radius 2 is 1.52 bits per heavy atom. The minimum Gasteiger partial charge on any atom is -0.456 e. The first kappa shape index (κ1) is 12.0. The lowest BCUT2D eigenvalue weighted by Gasteiger charge is -2.07. The zero-order valence-corrected chi connectivity index (χ0v) is 11.5. The van der Waals surface area contributed by atoms with Crippen molar-refractivity contribution in [1.29, 1.82) is 0 Å². The van der Waals surface area contributed by atoms with Crippen molar-refractivity contribution >= 4 is 27.6 Å². The number of rotatable bonds is 2. The number of fused-ring (bicyclic) bond motifs is 3. The molecule has 0 saturated heterocycles. The Balaban J connectivity index is 1.91. The number of furan rings is 1. The van der Waals surface area contributed by atoms with E-state index in [1.165, 1.54) is 5.56 Å². The Bertz CT molecular complexity index is 922. The van der Waals surface area contributed by atoms with Gasteiger partial charge in [-0.15, -0.1) is 0 Å². The van der Waals surface area contributed by atoms with E-state index in [2.05, 4.69) is 36.4 Å². The Hall–Kier alpha value is -2.74. The summed E-state index contributed by atoms with van der Waals surface area (Å²) in [5.74, 6) is 0. The summed E-state index contributed by atoms with van der Waals surface area (Å²) in [6.07, 6.45) is 0.835. The van der Waals surface area contributed by atoms with Gasteiger partial charge in [0.1, 0.15) is 11.2 Å². The lowest BCUT2D eigenvalue weighted by Crippen LogP contribution is -1.96. The van der Waals surface area contributed by atoms with E-state index < -0.39 is 0 Å². The van der Waals surface area contributed by atoms with Gasteiger partial charge in [0.2, 0.25) is 0 Å².